The molecule has 0 saturated carbocycles. The van der Waals surface area contributed by atoms with E-state index < -0.39 is 30.8 Å². The third kappa shape index (κ3) is 3.36. The number of halogens is 4. The molecule has 0 amide bonds. The molecule has 0 bridgehead atoms. The van der Waals surface area contributed by atoms with Crippen LogP contribution in [0.3, 0.4) is 0 Å². The fourth-order valence-electron chi connectivity index (χ4n) is 2.80. The van der Waals surface area contributed by atoms with Gasteiger partial charge in [-0.2, -0.15) is 8.78 Å². The van der Waals surface area contributed by atoms with Crippen molar-refractivity contribution in [3.05, 3.63) is 60.2 Å². The van der Waals surface area contributed by atoms with E-state index in [1.807, 2.05) is 30.3 Å². The quantitative estimate of drug-likeness (QED) is 0.323. The van der Waals surface area contributed by atoms with Crippen molar-refractivity contribution in [1.29, 1.82) is 0 Å². The van der Waals surface area contributed by atoms with Crippen LogP contribution >= 0.6 is 0 Å². The summed E-state index contributed by atoms with van der Waals surface area (Å²) in [6.45, 7) is -0.653. The number of carbonyl (C=O) groups excluding carboxylic acids is 1. The van der Waals surface area contributed by atoms with Crippen LogP contribution in [0.2, 0.25) is 0 Å². The highest BCUT2D eigenvalue weighted by molar-refractivity contribution is 6.16. The van der Waals surface area contributed by atoms with Gasteiger partial charge < -0.3 is 4.74 Å². The molecule has 26 heavy (non-hydrogen) atoms. The van der Waals surface area contributed by atoms with Crippen LogP contribution in [0, 0.1) is 0 Å². The van der Waals surface area contributed by atoms with Crippen LogP contribution in [0.1, 0.15) is 23.7 Å². The van der Waals surface area contributed by atoms with Crippen molar-refractivity contribution in [2.24, 2.45) is 0 Å². The number of rotatable bonds is 5. The minimum absolute atomic E-state index is 0.146. The van der Waals surface area contributed by atoms with Crippen molar-refractivity contribution in [2.45, 2.75) is 25.2 Å². The number of fused-ring (bicyclic) bond motifs is 2. The van der Waals surface area contributed by atoms with Crippen LogP contribution in [0.15, 0.2) is 54.6 Å². The van der Waals surface area contributed by atoms with Crippen LogP contribution < -0.4 is 0 Å². The molecule has 0 aliphatic heterocycles. The molecule has 0 atom stereocenters. The minimum atomic E-state index is -4.24. The lowest BCUT2D eigenvalue weighted by Gasteiger charge is -2.22. The van der Waals surface area contributed by atoms with Crippen molar-refractivity contribution in [2.75, 3.05) is 6.61 Å². The number of carbonyl (C=O) groups is 1. The van der Waals surface area contributed by atoms with Gasteiger partial charge in [0.1, 0.15) is 0 Å². The molecule has 0 saturated heterocycles. The maximum Gasteiger partial charge on any atom is 0.339 e. The third-order valence-electron chi connectivity index (χ3n) is 4.27. The summed E-state index contributed by atoms with van der Waals surface area (Å²) in [7, 11) is 0. The van der Waals surface area contributed by atoms with Crippen molar-refractivity contribution < 1.29 is 27.1 Å². The lowest BCUT2D eigenvalue weighted by atomic mass is 9.97. The van der Waals surface area contributed by atoms with E-state index in [9.17, 15) is 22.4 Å². The summed E-state index contributed by atoms with van der Waals surface area (Å²) in [5.41, 5.74) is 0.241. The van der Waals surface area contributed by atoms with Gasteiger partial charge in [-0.1, -0.05) is 48.5 Å². The van der Waals surface area contributed by atoms with Crippen LogP contribution in [-0.2, 0) is 4.74 Å². The molecular formula is C20H16F4O2. The average Bonchev–Trinajstić information content (AvgIpc) is 2.58. The van der Waals surface area contributed by atoms with Crippen LogP contribution in [0.4, 0.5) is 17.6 Å². The van der Waals surface area contributed by atoms with E-state index >= 15 is 0 Å². The minimum Gasteiger partial charge on any atom is -0.462 e. The molecule has 6 heteroatoms. The van der Waals surface area contributed by atoms with Crippen molar-refractivity contribution >= 4 is 27.5 Å². The Hall–Kier alpha value is -2.63. The fraction of sp³-hybridized carbons (Fsp3) is 0.250. The van der Waals surface area contributed by atoms with E-state index in [0.717, 1.165) is 10.8 Å². The Balaban J connectivity index is 1.92. The second kappa shape index (κ2) is 6.59. The summed E-state index contributed by atoms with van der Waals surface area (Å²) in [4.78, 5) is 12.6. The number of hydrogen-bond acceptors (Lipinski definition) is 2. The highest BCUT2D eigenvalue weighted by atomic mass is 19.3. The van der Waals surface area contributed by atoms with E-state index in [-0.39, 0.29) is 12.5 Å². The van der Waals surface area contributed by atoms with Gasteiger partial charge in [-0.3, -0.25) is 0 Å². The van der Waals surface area contributed by atoms with Crippen LogP contribution in [0.5, 0.6) is 0 Å². The van der Waals surface area contributed by atoms with Gasteiger partial charge in [0.15, 0.2) is 0 Å². The van der Waals surface area contributed by atoms with Crippen molar-refractivity contribution in [1.82, 2.24) is 0 Å². The van der Waals surface area contributed by atoms with Gasteiger partial charge in [-0.25, -0.2) is 13.6 Å². The average molecular weight is 364 g/mol. The summed E-state index contributed by atoms with van der Waals surface area (Å²) in [5, 5.41) is 2.82. The Morgan fingerprint density at radius 3 is 1.92 bits per heavy atom. The Kier molecular flexibility index (Phi) is 4.61. The van der Waals surface area contributed by atoms with Crippen LogP contribution in [0.25, 0.3) is 21.5 Å². The zero-order chi connectivity index (χ0) is 18.9. The molecule has 0 unspecified atom stereocenters. The Morgan fingerprint density at radius 1 is 0.923 bits per heavy atom. The molecule has 0 spiro atoms. The number of alkyl halides is 4. The standard InChI is InChI=1S/C20H16F4O2/c1-19(21,22)20(23,24)10-11-26-18(25)17-15-8-4-2-6-13(15)12-14-7-3-5-9-16(14)17/h2-9,12H,10-11H2,1H3. The summed E-state index contributed by atoms with van der Waals surface area (Å²) in [6, 6.07) is 16.1. The van der Waals surface area contributed by atoms with E-state index in [0.29, 0.717) is 10.8 Å². The van der Waals surface area contributed by atoms with Gasteiger partial charge in [0.05, 0.1) is 18.6 Å². The normalized spacial score (nSPS) is 12.5. The molecule has 3 aromatic carbocycles. The SMILES string of the molecule is CC(F)(F)C(F)(F)CCOC(=O)c1c2ccccc2cc2ccccc12. The number of ether oxygens (including phenoxy) is 1. The molecule has 0 aliphatic carbocycles. The summed E-state index contributed by atoms with van der Waals surface area (Å²) in [5.74, 6) is -9.23. The predicted octanol–water partition coefficient (Wildman–Crippen LogP) is 5.83. The lowest BCUT2D eigenvalue weighted by molar-refractivity contribution is -0.204. The van der Waals surface area contributed by atoms with Crippen LogP contribution in [-0.4, -0.2) is 24.4 Å². The molecule has 3 rings (SSSR count). The van der Waals surface area contributed by atoms with Gasteiger partial charge in [-0.15, -0.1) is 0 Å². The molecule has 2 nitrogen and oxygen atoms in total. The molecule has 0 fully saturated rings. The van der Waals surface area contributed by atoms with Crippen molar-refractivity contribution in [3.63, 3.8) is 0 Å². The van der Waals surface area contributed by atoms with Gasteiger partial charge in [0, 0.05) is 6.92 Å². The topological polar surface area (TPSA) is 26.3 Å². The second-order valence-corrected chi connectivity index (χ2v) is 6.17. The zero-order valence-electron chi connectivity index (χ0n) is 13.9. The largest absolute Gasteiger partial charge is 0.462 e. The second-order valence-electron chi connectivity index (χ2n) is 6.17. The predicted molar refractivity (Wildman–Crippen MR) is 91.9 cm³/mol. The molecule has 136 valence electrons. The smallest absolute Gasteiger partial charge is 0.339 e. The monoisotopic (exact) mass is 364 g/mol. The molecule has 3 aromatic rings. The Morgan fingerprint density at radius 2 is 1.42 bits per heavy atom. The van der Waals surface area contributed by atoms with Crippen molar-refractivity contribution in [3.8, 4) is 0 Å². The third-order valence-corrected chi connectivity index (χ3v) is 4.27. The molecule has 0 radical (unpaired) electrons. The first-order valence-corrected chi connectivity index (χ1v) is 8.04. The number of hydrogen-bond donors (Lipinski definition) is 0. The van der Waals surface area contributed by atoms with E-state index in [2.05, 4.69) is 0 Å². The maximum absolute atomic E-state index is 13.3. The van der Waals surface area contributed by atoms with E-state index in [4.69, 9.17) is 4.74 Å². The first-order valence-electron chi connectivity index (χ1n) is 8.04. The lowest BCUT2D eigenvalue weighted by Crippen LogP contribution is -2.38. The fourth-order valence-corrected chi connectivity index (χ4v) is 2.80. The van der Waals surface area contributed by atoms with E-state index in [1.54, 1.807) is 24.3 Å². The zero-order valence-corrected chi connectivity index (χ0v) is 13.9. The molecular weight excluding hydrogens is 348 g/mol. The Bertz CT molecular complexity index is 907. The summed E-state index contributed by atoms with van der Waals surface area (Å²) < 4.78 is 57.4. The summed E-state index contributed by atoms with van der Waals surface area (Å²) in [6.07, 6.45) is -1.25. The number of esters is 1. The molecule has 0 N–H and O–H groups in total. The van der Waals surface area contributed by atoms with Gasteiger partial charge in [-0.05, 0) is 27.6 Å². The van der Waals surface area contributed by atoms with Gasteiger partial charge in [0.2, 0.25) is 0 Å². The first kappa shape index (κ1) is 18.2. The molecule has 0 aromatic heterocycles. The van der Waals surface area contributed by atoms with E-state index in [1.165, 1.54) is 0 Å². The highest BCUT2D eigenvalue weighted by Gasteiger charge is 2.51. The first-order chi connectivity index (χ1) is 12.2. The number of benzene rings is 3. The summed E-state index contributed by atoms with van der Waals surface area (Å²) >= 11 is 0. The van der Waals surface area contributed by atoms with Gasteiger partial charge >= 0.3 is 17.8 Å². The highest BCUT2D eigenvalue weighted by Crippen LogP contribution is 2.36. The van der Waals surface area contributed by atoms with Gasteiger partial charge in [0.25, 0.3) is 0 Å². The Labute approximate surface area is 147 Å². The maximum atomic E-state index is 13.3. The molecule has 0 aliphatic rings. The molecule has 0 heterocycles.